The maximum Gasteiger partial charge on any atom is 0.271 e. The van der Waals surface area contributed by atoms with Gasteiger partial charge in [0, 0.05) is 39.3 Å². The Balaban J connectivity index is 1.60. The fourth-order valence-electron chi connectivity index (χ4n) is 4.48. The summed E-state index contributed by atoms with van der Waals surface area (Å²) in [7, 11) is 1.78. The molecular formula is C18H23N5O4. The summed E-state index contributed by atoms with van der Waals surface area (Å²) in [5.41, 5.74) is 0.508. The van der Waals surface area contributed by atoms with Crippen LogP contribution in [0.4, 0.5) is 0 Å². The summed E-state index contributed by atoms with van der Waals surface area (Å²) in [5.74, 6) is -0.841. The van der Waals surface area contributed by atoms with Crippen molar-refractivity contribution in [1.29, 1.82) is 0 Å². The molecule has 0 aromatic carbocycles. The van der Waals surface area contributed by atoms with E-state index in [1.54, 1.807) is 34.8 Å². The number of nitrogens with one attached hydrogen (secondary N) is 2. The summed E-state index contributed by atoms with van der Waals surface area (Å²) in [6, 6.07) is 1.56. The predicted molar refractivity (Wildman–Crippen MR) is 94.5 cm³/mol. The molecule has 0 bridgehead atoms. The quantitative estimate of drug-likeness (QED) is 0.683. The number of aromatic nitrogens is 1. The van der Waals surface area contributed by atoms with Crippen LogP contribution in [0.2, 0.25) is 0 Å². The van der Waals surface area contributed by atoms with Crippen LogP contribution in [0.15, 0.2) is 18.3 Å². The van der Waals surface area contributed by atoms with Gasteiger partial charge in [0.1, 0.15) is 17.8 Å². The van der Waals surface area contributed by atoms with Gasteiger partial charge in [-0.1, -0.05) is 0 Å². The minimum absolute atomic E-state index is 0.190. The lowest BCUT2D eigenvalue weighted by Gasteiger charge is -2.29. The third-order valence-electron chi connectivity index (χ3n) is 5.70. The Morgan fingerprint density at radius 3 is 2.74 bits per heavy atom. The van der Waals surface area contributed by atoms with Crippen LogP contribution in [-0.4, -0.2) is 75.3 Å². The molecule has 1 aromatic rings. The van der Waals surface area contributed by atoms with Gasteiger partial charge in [0.2, 0.25) is 17.7 Å². The molecule has 4 heterocycles. The third kappa shape index (κ3) is 2.87. The lowest BCUT2D eigenvalue weighted by atomic mass is 10.1. The standard InChI is InChI=1S/C18H23N5O4/c1-10(24)19-11-8-14-16(25)20-12-5-7-22(15(12)18(27)23(14)9-11)17(26)13-4-3-6-21(13)2/h3-4,6,11-12,14-15H,5,7-9H2,1-2H3,(H,19,24)(H,20,25)/t11-,12-,14+,15+/m1/s1. The monoisotopic (exact) mass is 373 g/mol. The molecule has 9 nitrogen and oxygen atoms in total. The molecule has 144 valence electrons. The van der Waals surface area contributed by atoms with Crippen molar-refractivity contribution in [2.75, 3.05) is 13.1 Å². The molecule has 3 aliphatic rings. The molecule has 4 atom stereocenters. The number of aryl methyl sites for hydroxylation is 1. The average Bonchev–Trinajstić information content (AvgIpc) is 3.30. The average molecular weight is 373 g/mol. The number of carbonyl (C=O) groups excluding carboxylic acids is 4. The van der Waals surface area contributed by atoms with Crippen LogP contribution in [-0.2, 0) is 21.4 Å². The first-order valence-corrected chi connectivity index (χ1v) is 9.17. The van der Waals surface area contributed by atoms with Crippen molar-refractivity contribution >= 4 is 23.6 Å². The highest BCUT2D eigenvalue weighted by molar-refractivity contribution is 6.00. The molecule has 0 unspecified atom stereocenters. The maximum atomic E-state index is 13.3. The van der Waals surface area contributed by atoms with Crippen molar-refractivity contribution in [2.45, 2.75) is 43.9 Å². The molecule has 4 amide bonds. The van der Waals surface area contributed by atoms with E-state index < -0.39 is 12.1 Å². The number of rotatable bonds is 2. The van der Waals surface area contributed by atoms with Gasteiger partial charge < -0.3 is 25.0 Å². The largest absolute Gasteiger partial charge is 0.352 e. The van der Waals surface area contributed by atoms with Gasteiger partial charge in [-0.3, -0.25) is 19.2 Å². The highest BCUT2D eigenvalue weighted by atomic mass is 16.2. The Hall–Kier alpha value is -2.84. The molecule has 4 rings (SSSR count). The second-order valence-electron chi connectivity index (χ2n) is 7.49. The van der Waals surface area contributed by atoms with Gasteiger partial charge in [0.25, 0.3) is 5.91 Å². The highest BCUT2D eigenvalue weighted by Crippen LogP contribution is 2.30. The normalized spacial score (nSPS) is 29.9. The van der Waals surface area contributed by atoms with Crippen molar-refractivity contribution in [1.82, 2.24) is 25.0 Å². The lowest BCUT2D eigenvalue weighted by Crippen LogP contribution is -2.52. The third-order valence-corrected chi connectivity index (χ3v) is 5.70. The van der Waals surface area contributed by atoms with Crippen LogP contribution in [0.5, 0.6) is 0 Å². The van der Waals surface area contributed by atoms with Gasteiger partial charge in [-0.25, -0.2) is 0 Å². The Bertz CT molecular complexity index is 818. The van der Waals surface area contributed by atoms with E-state index in [2.05, 4.69) is 10.6 Å². The molecule has 2 N–H and O–H groups in total. The number of carbonyl (C=O) groups is 4. The van der Waals surface area contributed by atoms with E-state index in [9.17, 15) is 19.2 Å². The molecule has 3 fully saturated rings. The number of amides is 4. The minimum Gasteiger partial charge on any atom is -0.352 e. The van der Waals surface area contributed by atoms with Crippen molar-refractivity contribution < 1.29 is 19.2 Å². The highest BCUT2D eigenvalue weighted by Gasteiger charge is 2.52. The minimum atomic E-state index is -0.711. The van der Waals surface area contributed by atoms with E-state index in [0.29, 0.717) is 25.1 Å². The first-order valence-electron chi connectivity index (χ1n) is 9.17. The Labute approximate surface area is 156 Å². The van der Waals surface area contributed by atoms with E-state index in [0.717, 1.165) is 0 Å². The van der Waals surface area contributed by atoms with Gasteiger partial charge in [-0.05, 0) is 25.0 Å². The molecule has 0 spiro atoms. The second-order valence-corrected chi connectivity index (χ2v) is 7.49. The molecule has 0 saturated carbocycles. The van der Waals surface area contributed by atoms with Crippen LogP contribution < -0.4 is 10.6 Å². The predicted octanol–water partition coefficient (Wildman–Crippen LogP) is -1.16. The zero-order valence-electron chi connectivity index (χ0n) is 15.3. The Morgan fingerprint density at radius 2 is 2.07 bits per heavy atom. The van der Waals surface area contributed by atoms with Gasteiger partial charge >= 0.3 is 0 Å². The van der Waals surface area contributed by atoms with Crippen LogP contribution >= 0.6 is 0 Å². The summed E-state index contributed by atoms with van der Waals surface area (Å²) in [5, 5.41) is 5.73. The fraction of sp³-hybridized carbons (Fsp3) is 0.556. The van der Waals surface area contributed by atoms with Crippen LogP contribution in [0.1, 0.15) is 30.3 Å². The van der Waals surface area contributed by atoms with Gasteiger partial charge in [0.05, 0.1) is 6.04 Å². The number of nitrogens with zero attached hydrogens (tertiary/aromatic N) is 3. The summed E-state index contributed by atoms with van der Waals surface area (Å²) in [6.45, 7) is 2.11. The molecule has 9 heteroatoms. The van der Waals surface area contributed by atoms with Gasteiger partial charge in [0.15, 0.2) is 0 Å². The lowest BCUT2D eigenvalue weighted by molar-refractivity contribution is -0.138. The van der Waals surface area contributed by atoms with E-state index in [-0.39, 0.29) is 42.3 Å². The first-order chi connectivity index (χ1) is 12.9. The van der Waals surface area contributed by atoms with E-state index in [1.807, 2.05) is 0 Å². The van der Waals surface area contributed by atoms with Gasteiger partial charge in [-0.2, -0.15) is 0 Å². The van der Waals surface area contributed by atoms with Crippen LogP contribution in [0, 0.1) is 0 Å². The number of hydrogen-bond acceptors (Lipinski definition) is 4. The van der Waals surface area contributed by atoms with E-state index in [4.69, 9.17) is 0 Å². The van der Waals surface area contributed by atoms with E-state index >= 15 is 0 Å². The SMILES string of the molecule is CC(=O)N[C@@H]1C[C@H]2C(=O)N[C@@H]3CCN(C(=O)c4cccn4C)[C@@H]3C(=O)N2C1. The number of likely N-dealkylation sites (tertiary alicyclic amines) is 1. The smallest absolute Gasteiger partial charge is 0.271 e. The van der Waals surface area contributed by atoms with Gasteiger partial charge in [-0.15, -0.1) is 0 Å². The zero-order chi connectivity index (χ0) is 19.3. The van der Waals surface area contributed by atoms with Crippen molar-refractivity contribution in [3.63, 3.8) is 0 Å². The molecule has 1 aromatic heterocycles. The first kappa shape index (κ1) is 17.6. The fourth-order valence-corrected chi connectivity index (χ4v) is 4.48. The number of fused-ring (bicyclic) bond motifs is 2. The second kappa shape index (κ2) is 6.40. The van der Waals surface area contributed by atoms with Crippen molar-refractivity contribution in [3.05, 3.63) is 24.0 Å². The summed E-state index contributed by atoms with van der Waals surface area (Å²) in [6.07, 6.45) is 2.72. The molecule has 0 aliphatic carbocycles. The van der Waals surface area contributed by atoms with Crippen molar-refractivity contribution in [2.24, 2.45) is 7.05 Å². The van der Waals surface area contributed by atoms with Crippen molar-refractivity contribution in [3.8, 4) is 0 Å². The Kier molecular flexibility index (Phi) is 4.16. The van der Waals surface area contributed by atoms with Crippen LogP contribution in [0.25, 0.3) is 0 Å². The summed E-state index contributed by atoms with van der Waals surface area (Å²) < 4.78 is 1.72. The number of hydrogen-bond donors (Lipinski definition) is 2. The van der Waals surface area contributed by atoms with Crippen LogP contribution in [0.3, 0.4) is 0 Å². The Morgan fingerprint density at radius 1 is 1.30 bits per heavy atom. The molecule has 27 heavy (non-hydrogen) atoms. The summed E-state index contributed by atoms with van der Waals surface area (Å²) >= 11 is 0. The maximum absolute atomic E-state index is 13.3. The molecular weight excluding hydrogens is 350 g/mol. The molecule has 0 radical (unpaired) electrons. The zero-order valence-corrected chi connectivity index (χ0v) is 15.3. The topological polar surface area (TPSA) is 104 Å². The summed E-state index contributed by atoms with van der Waals surface area (Å²) in [4.78, 5) is 53.4. The molecule has 3 saturated heterocycles. The molecule has 3 aliphatic heterocycles. The van der Waals surface area contributed by atoms with E-state index in [1.165, 1.54) is 11.8 Å².